The van der Waals surface area contributed by atoms with Gasteiger partial charge in [-0.1, -0.05) is 43.5 Å². The van der Waals surface area contributed by atoms with Gasteiger partial charge in [-0.05, 0) is 12.5 Å². The molecule has 0 heterocycles. The highest BCUT2D eigenvalue weighted by atomic mass is 35.5. The van der Waals surface area contributed by atoms with Crippen molar-refractivity contribution in [3.05, 3.63) is 23.8 Å². The lowest BCUT2D eigenvalue weighted by molar-refractivity contribution is -0.114. The highest BCUT2D eigenvalue weighted by Gasteiger charge is 1.93. The van der Waals surface area contributed by atoms with Crippen molar-refractivity contribution in [2.24, 2.45) is 0 Å². The third-order valence-electron chi connectivity index (χ3n) is 1.49. The van der Waals surface area contributed by atoms with E-state index in [2.05, 4.69) is 6.92 Å². The third kappa shape index (κ3) is 7.55. The zero-order chi connectivity index (χ0) is 9.23. The maximum Gasteiger partial charge on any atom is 0.155 e. The van der Waals surface area contributed by atoms with Crippen LogP contribution in [0.4, 0.5) is 0 Å². The zero-order valence-electron chi connectivity index (χ0n) is 7.42. The largest absolute Gasteiger partial charge is 0.295 e. The van der Waals surface area contributed by atoms with E-state index in [-0.39, 0.29) is 5.78 Å². The number of carbonyl (C=O) groups is 1. The average molecular weight is 187 g/mol. The maximum absolute atomic E-state index is 11.0. The van der Waals surface area contributed by atoms with E-state index in [0.717, 1.165) is 19.3 Å². The summed E-state index contributed by atoms with van der Waals surface area (Å²) in [5.74, 6) is 0.179. The predicted octanol–water partition coefficient (Wildman–Crippen LogP) is 3.44. The third-order valence-corrected chi connectivity index (χ3v) is 1.64. The number of allylic oxidation sites excluding steroid dienone is 3. The first-order valence-electron chi connectivity index (χ1n) is 4.27. The van der Waals surface area contributed by atoms with Crippen molar-refractivity contribution in [3.63, 3.8) is 0 Å². The van der Waals surface area contributed by atoms with Crippen molar-refractivity contribution in [2.75, 3.05) is 0 Å². The summed E-state index contributed by atoms with van der Waals surface area (Å²) in [6.45, 7) is 2.12. The van der Waals surface area contributed by atoms with Gasteiger partial charge in [-0.3, -0.25) is 4.79 Å². The number of halogens is 1. The van der Waals surface area contributed by atoms with Gasteiger partial charge in [0.05, 0.1) is 0 Å². The van der Waals surface area contributed by atoms with Gasteiger partial charge in [0.15, 0.2) is 5.78 Å². The molecule has 0 bridgehead atoms. The van der Waals surface area contributed by atoms with Crippen molar-refractivity contribution in [1.82, 2.24) is 0 Å². The molecule has 0 aliphatic heterocycles. The van der Waals surface area contributed by atoms with E-state index in [1.54, 1.807) is 18.2 Å². The quantitative estimate of drug-likeness (QED) is 0.353. The molecule has 0 aliphatic carbocycles. The Morgan fingerprint density at radius 1 is 1.33 bits per heavy atom. The Morgan fingerprint density at radius 3 is 2.67 bits per heavy atom. The Morgan fingerprint density at radius 2 is 2.08 bits per heavy atom. The van der Waals surface area contributed by atoms with Gasteiger partial charge in [0, 0.05) is 12.0 Å². The molecule has 0 aromatic carbocycles. The van der Waals surface area contributed by atoms with Crippen LogP contribution in [0.3, 0.4) is 0 Å². The minimum Gasteiger partial charge on any atom is -0.295 e. The van der Waals surface area contributed by atoms with Gasteiger partial charge in [0.2, 0.25) is 0 Å². The van der Waals surface area contributed by atoms with Gasteiger partial charge in [0.1, 0.15) is 0 Å². The second-order valence-electron chi connectivity index (χ2n) is 2.60. The summed E-state index contributed by atoms with van der Waals surface area (Å²) in [4.78, 5) is 11.0. The second kappa shape index (κ2) is 8.54. The molecule has 0 aliphatic rings. The highest BCUT2D eigenvalue weighted by Crippen LogP contribution is 2.00. The molecule has 0 rings (SSSR count). The summed E-state index contributed by atoms with van der Waals surface area (Å²) < 4.78 is 0. The number of hydrogen-bond donors (Lipinski definition) is 0. The van der Waals surface area contributed by atoms with Crippen LogP contribution in [0.1, 0.15) is 32.6 Å². The first kappa shape index (κ1) is 11.4. The molecule has 0 fully saturated rings. The van der Waals surface area contributed by atoms with Crippen molar-refractivity contribution in [1.29, 1.82) is 0 Å². The molecular formula is C10H15ClO. The van der Waals surface area contributed by atoms with Crippen LogP contribution in [0.2, 0.25) is 0 Å². The number of unbranched alkanes of at least 4 members (excludes halogenated alkanes) is 2. The molecular weight excluding hydrogens is 172 g/mol. The number of hydrogen-bond acceptors (Lipinski definition) is 1. The van der Waals surface area contributed by atoms with Crippen LogP contribution in [-0.2, 0) is 4.79 Å². The van der Waals surface area contributed by atoms with Gasteiger partial charge in [0.25, 0.3) is 0 Å². The fourth-order valence-corrected chi connectivity index (χ4v) is 0.921. The van der Waals surface area contributed by atoms with Gasteiger partial charge in [-0.15, -0.1) is 0 Å². The van der Waals surface area contributed by atoms with Gasteiger partial charge in [-0.2, -0.15) is 0 Å². The van der Waals surface area contributed by atoms with Crippen molar-refractivity contribution in [2.45, 2.75) is 32.6 Å². The van der Waals surface area contributed by atoms with Crippen LogP contribution in [-0.4, -0.2) is 5.78 Å². The smallest absolute Gasteiger partial charge is 0.155 e. The standard InChI is InChI=1S/C10H15ClO/c1-2-3-4-7-10(12)8-5-6-9-11/h5-6,8-9H,2-4,7H2,1H3/b8-5+,9-6-. The number of rotatable bonds is 6. The van der Waals surface area contributed by atoms with E-state index in [9.17, 15) is 4.79 Å². The molecule has 0 saturated heterocycles. The molecule has 0 aromatic rings. The summed E-state index contributed by atoms with van der Waals surface area (Å²) in [6, 6.07) is 0. The molecule has 0 amide bonds. The summed E-state index contributed by atoms with van der Waals surface area (Å²) in [5, 5.41) is 0. The minimum absolute atomic E-state index is 0.179. The number of carbonyl (C=O) groups excluding carboxylic acids is 1. The van der Waals surface area contributed by atoms with Crippen LogP contribution < -0.4 is 0 Å². The maximum atomic E-state index is 11.0. The fourth-order valence-electron chi connectivity index (χ4n) is 0.837. The van der Waals surface area contributed by atoms with Crippen molar-refractivity contribution in [3.8, 4) is 0 Å². The molecule has 0 saturated carbocycles. The molecule has 0 radical (unpaired) electrons. The van der Waals surface area contributed by atoms with Gasteiger partial charge < -0.3 is 0 Å². The zero-order valence-corrected chi connectivity index (χ0v) is 8.18. The predicted molar refractivity (Wildman–Crippen MR) is 53.3 cm³/mol. The fraction of sp³-hybridized carbons (Fsp3) is 0.500. The van der Waals surface area contributed by atoms with Crippen LogP contribution in [0, 0.1) is 0 Å². The molecule has 0 N–H and O–H groups in total. The van der Waals surface area contributed by atoms with E-state index >= 15 is 0 Å². The summed E-state index contributed by atoms with van der Waals surface area (Å²) in [6.07, 6.45) is 8.79. The van der Waals surface area contributed by atoms with Crippen LogP contribution in [0.15, 0.2) is 23.8 Å². The molecule has 12 heavy (non-hydrogen) atoms. The lowest BCUT2D eigenvalue weighted by atomic mass is 10.1. The monoisotopic (exact) mass is 186 g/mol. The highest BCUT2D eigenvalue weighted by molar-refractivity contribution is 6.25. The Hall–Kier alpha value is -0.560. The molecule has 0 atom stereocenters. The molecule has 0 unspecified atom stereocenters. The van der Waals surface area contributed by atoms with Gasteiger partial charge >= 0.3 is 0 Å². The first-order valence-corrected chi connectivity index (χ1v) is 4.71. The Kier molecular flexibility index (Phi) is 8.14. The van der Waals surface area contributed by atoms with E-state index in [0.29, 0.717) is 6.42 Å². The molecule has 2 heteroatoms. The molecule has 0 aromatic heterocycles. The SMILES string of the molecule is CCCCCC(=O)/C=C/C=C\Cl. The average Bonchev–Trinajstić information content (AvgIpc) is 2.06. The Balaban J connectivity index is 3.45. The van der Waals surface area contributed by atoms with E-state index in [4.69, 9.17) is 11.6 Å². The van der Waals surface area contributed by atoms with E-state index < -0.39 is 0 Å². The summed E-state index contributed by atoms with van der Waals surface area (Å²) in [5.41, 5.74) is 1.38. The molecule has 1 nitrogen and oxygen atoms in total. The van der Waals surface area contributed by atoms with Crippen molar-refractivity contribution < 1.29 is 4.79 Å². The summed E-state index contributed by atoms with van der Waals surface area (Å²) >= 11 is 5.27. The van der Waals surface area contributed by atoms with Crippen LogP contribution in [0.25, 0.3) is 0 Å². The summed E-state index contributed by atoms with van der Waals surface area (Å²) in [7, 11) is 0. The first-order chi connectivity index (χ1) is 5.81. The topological polar surface area (TPSA) is 17.1 Å². The Bertz CT molecular complexity index is 171. The van der Waals surface area contributed by atoms with E-state index in [1.807, 2.05) is 0 Å². The second-order valence-corrected chi connectivity index (χ2v) is 2.85. The Labute approximate surface area is 79.1 Å². The lowest BCUT2D eigenvalue weighted by Crippen LogP contribution is -1.91. The normalized spacial score (nSPS) is 11.5. The lowest BCUT2D eigenvalue weighted by Gasteiger charge is -1.92. The molecule has 68 valence electrons. The van der Waals surface area contributed by atoms with Crippen LogP contribution >= 0.6 is 11.6 Å². The minimum atomic E-state index is 0.179. The number of ketones is 1. The molecule has 0 spiro atoms. The van der Waals surface area contributed by atoms with Gasteiger partial charge in [-0.25, -0.2) is 0 Å². The van der Waals surface area contributed by atoms with Crippen LogP contribution in [0.5, 0.6) is 0 Å². The van der Waals surface area contributed by atoms with Crippen molar-refractivity contribution >= 4 is 17.4 Å². The van der Waals surface area contributed by atoms with E-state index in [1.165, 1.54) is 5.54 Å².